The number of amides is 2. The molecule has 0 saturated heterocycles. The van der Waals surface area contributed by atoms with Crippen LogP contribution in [0, 0.1) is 0 Å². The third kappa shape index (κ3) is 3.86. The quantitative estimate of drug-likeness (QED) is 0.592. The lowest BCUT2D eigenvalue weighted by Gasteiger charge is -2.14. The van der Waals surface area contributed by atoms with Crippen molar-refractivity contribution in [1.29, 1.82) is 0 Å². The van der Waals surface area contributed by atoms with Crippen LogP contribution in [0.15, 0.2) is 18.2 Å². The fourth-order valence-electron chi connectivity index (χ4n) is 1.94. The highest BCUT2D eigenvalue weighted by Crippen LogP contribution is 2.32. The number of hydrogen-bond donors (Lipinski definition) is 3. The van der Waals surface area contributed by atoms with Gasteiger partial charge in [0, 0.05) is 12.5 Å². The van der Waals surface area contributed by atoms with Crippen LogP contribution in [-0.4, -0.2) is 32.2 Å². The molecule has 1 aliphatic heterocycles. The molecule has 1 heterocycles. The number of benzene rings is 1. The first kappa shape index (κ1) is 14.1. The van der Waals surface area contributed by atoms with E-state index < -0.39 is 0 Å². The van der Waals surface area contributed by atoms with Crippen molar-refractivity contribution in [1.82, 2.24) is 10.9 Å². The summed E-state index contributed by atoms with van der Waals surface area (Å²) in [5.74, 6) is 0.943. The highest BCUT2D eigenvalue weighted by atomic mass is 16.7. The minimum absolute atomic E-state index is 0.238. The molecule has 7 heteroatoms. The molecule has 0 aliphatic carbocycles. The van der Waals surface area contributed by atoms with Crippen LogP contribution in [0.1, 0.15) is 12.5 Å². The number of ether oxygens (including phenoxy) is 2. The first-order valence-corrected chi connectivity index (χ1v) is 6.30. The van der Waals surface area contributed by atoms with Crippen LogP contribution in [0.25, 0.3) is 0 Å². The van der Waals surface area contributed by atoms with E-state index in [1.807, 2.05) is 25.2 Å². The molecular formula is C13H18N3O4+. The highest BCUT2D eigenvalue weighted by Gasteiger charge is 2.16. The van der Waals surface area contributed by atoms with Gasteiger partial charge in [0.15, 0.2) is 18.0 Å². The van der Waals surface area contributed by atoms with Crippen LogP contribution in [0.5, 0.6) is 11.5 Å². The number of carbonyl (C=O) groups excluding carboxylic acids is 2. The second kappa shape index (κ2) is 6.25. The molecular weight excluding hydrogens is 262 g/mol. The Morgan fingerprint density at radius 3 is 2.75 bits per heavy atom. The number of rotatable bonds is 4. The number of quaternary nitrogens is 1. The third-order valence-corrected chi connectivity index (χ3v) is 2.78. The van der Waals surface area contributed by atoms with Crippen LogP contribution in [0.3, 0.4) is 0 Å². The van der Waals surface area contributed by atoms with Gasteiger partial charge in [-0.3, -0.25) is 20.4 Å². The van der Waals surface area contributed by atoms with E-state index in [0.29, 0.717) is 6.54 Å². The van der Waals surface area contributed by atoms with Gasteiger partial charge in [-0.25, -0.2) is 0 Å². The van der Waals surface area contributed by atoms with Crippen molar-refractivity contribution in [2.45, 2.75) is 13.5 Å². The maximum absolute atomic E-state index is 11.5. The van der Waals surface area contributed by atoms with Crippen molar-refractivity contribution >= 4 is 11.8 Å². The molecule has 1 aromatic carbocycles. The van der Waals surface area contributed by atoms with Gasteiger partial charge in [-0.1, -0.05) is 0 Å². The monoisotopic (exact) mass is 280 g/mol. The molecule has 7 nitrogen and oxygen atoms in total. The van der Waals surface area contributed by atoms with Crippen molar-refractivity contribution in [2.24, 2.45) is 0 Å². The lowest BCUT2D eigenvalue weighted by Crippen LogP contribution is -3.09. The normalized spacial score (nSPS) is 13.7. The number of hydrogen-bond acceptors (Lipinski definition) is 4. The smallest absolute Gasteiger partial charge is 0.293 e. The number of hydrazine groups is 1. The van der Waals surface area contributed by atoms with Crippen LogP contribution in [0.4, 0.5) is 0 Å². The zero-order chi connectivity index (χ0) is 14.5. The predicted octanol–water partition coefficient (Wildman–Crippen LogP) is -1.40. The van der Waals surface area contributed by atoms with Gasteiger partial charge in [0.25, 0.3) is 5.91 Å². The standard InChI is InChI=1S/C13H17N3O4/c1-9(17)14-15-13(18)7-16(2)6-10-3-4-11-12(5-10)20-8-19-11/h3-5H,6-8H2,1-2H3,(H,14,17)(H,15,18)/p+1. The molecule has 1 aromatic rings. The summed E-state index contributed by atoms with van der Waals surface area (Å²) in [7, 11) is 1.90. The minimum Gasteiger partial charge on any atom is -0.454 e. The molecule has 0 saturated carbocycles. The van der Waals surface area contributed by atoms with Crippen molar-refractivity contribution in [2.75, 3.05) is 20.4 Å². The summed E-state index contributed by atoms with van der Waals surface area (Å²) in [5, 5.41) is 0. The summed E-state index contributed by atoms with van der Waals surface area (Å²) in [6.07, 6.45) is 0. The van der Waals surface area contributed by atoms with Gasteiger partial charge in [-0.05, 0) is 18.2 Å². The second-order valence-corrected chi connectivity index (χ2v) is 4.73. The van der Waals surface area contributed by atoms with Crippen LogP contribution in [0.2, 0.25) is 0 Å². The van der Waals surface area contributed by atoms with Crippen LogP contribution in [-0.2, 0) is 16.1 Å². The van der Waals surface area contributed by atoms with Crippen molar-refractivity contribution < 1.29 is 24.0 Å². The lowest BCUT2D eigenvalue weighted by atomic mass is 10.2. The largest absolute Gasteiger partial charge is 0.454 e. The Hall–Kier alpha value is -2.28. The number of fused-ring (bicyclic) bond motifs is 1. The second-order valence-electron chi connectivity index (χ2n) is 4.73. The Labute approximate surface area is 116 Å². The molecule has 1 unspecified atom stereocenters. The molecule has 2 amide bonds. The molecule has 0 radical (unpaired) electrons. The van der Waals surface area contributed by atoms with Gasteiger partial charge in [0.2, 0.25) is 12.7 Å². The highest BCUT2D eigenvalue weighted by molar-refractivity contribution is 5.81. The van der Waals surface area contributed by atoms with E-state index in [4.69, 9.17) is 9.47 Å². The predicted molar refractivity (Wildman–Crippen MR) is 70.0 cm³/mol. The lowest BCUT2D eigenvalue weighted by molar-refractivity contribution is -0.885. The Morgan fingerprint density at radius 2 is 2.00 bits per heavy atom. The minimum atomic E-state index is -0.299. The Kier molecular flexibility index (Phi) is 4.41. The fourth-order valence-corrected chi connectivity index (χ4v) is 1.94. The molecule has 0 bridgehead atoms. The average Bonchev–Trinajstić information content (AvgIpc) is 2.83. The summed E-state index contributed by atoms with van der Waals surface area (Å²) >= 11 is 0. The molecule has 1 aliphatic rings. The molecule has 20 heavy (non-hydrogen) atoms. The Bertz CT molecular complexity index is 518. The van der Waals surface area contributed by atoms with Crippen LogP contribution >= 0.6 is 0 Å². The van der Waals surface area contributed by atoms with E-state index in [2.05, 4.69) is 10.9 Å². The van der Waals surface area contributed by atoms with Crippen molar-refractivity contribution in [3.05, 3.63) is 23.8 Å². The van der Waals surface area contributed by atoms with Crippen molar-refractivity contribution in [3.8, 4) is 11.5 Å². The first-order chi connectivity index (χ1) is 9.54. The van der Waals surface area contributed by atoms with Gasteiger partial charge in [0.1, 0.15) is 6.54 Å². The molecule has 0 aromatic heterocycles. The van der Waals surface area contributed by atoms with E-state index in [9.17, 15) is 9.59 Å². The summed E-state index contributed by atoms with van der Waals surface area (Å²) in [4.78, 5) is 23.2. The third-order valence-electron chi connectivity index (χ3n) is 2.78. The van der Waals surface area contributed by atoms with Gasteiger partial charge in [0.05, 0.1) is 7.05 Å². The molecule has 0 spiro atoms. The molecule has 0 fully saturated rings. The van der Waals surface area contributed by atoms with E-state index in [1.54, 1.807) is 0 Å². The first-order valence-electron chi connectivity index (χ1n) is 6.30. The van der Waals surface area contributed by atoms with Gasteiger partial charge >= 0.3 is 0 Å². The Balaban J connectivity index is 1.83. The fraction of sp³-hybridized carbons (Fsp3) is 0.385. The van der Waals surface area contributed by atoms with E-state index >= 15 is 0 Å². The zero-order valence-electron chi connectivity index (χ0n) is 11.5. The van der Waals surface area contributed by atoms with E-state index in [-0.39, 0.29) is 25.2 Å². The molecule has 2 rings (SSSR count). The average molecular weight is 280 g/mol. The topological polar surface area (TPSA) is 81.1 Å². The molecule has 1 atom stereocenters. The van der Waals surface area contributed by atoms with Gasteiger partial charge in [-0.15, -0.1) is 0 Å². The number of likely N-dealkylation sites (N-methyl/N-ethyl adjacent to an activating group) is 1. The number of nitrogens with one attached hydrogen (secondary N) is 3. The molecule has 108 valence electrons. The van der Waals surface area contributed by atoms with Gasteiger partial charge < -0.3 is 14.4 Å². The Morgan fingerprint density at radius 1 is 1.25 bits per heavy atom. The summed E-state index contributed by atoms with van der Waals surface area (Å²) < 4.78 is 10.6. The summed E-state index contributed by atoms with van der Waals surface area (Å²) in [6, 6.07) is 5.72. The SMILES string of the molecule is CC(=O)NNC(=O)C[NH+](C)Cc1ccc2c(c1)OCO2. The van der Waals surface area contributed by atoms with Crippen LogP contribution < -0.4 is 25.2 Å². The summed E-state index contributed by atoms with van der Waals surface area (Å²) in [5.41, 5.74) is 5.65. The zero-order valence-corrected chi connectivity index (χ0v) is 11.5. The van der Waals surface area contributed by atoms with E-state index in [1.165, 1.54) is 6.92 Å². The maximum atomic E-state index is 11.5. The maximum Gasteiger partial charge on any atom is 0.293 e. The molecule has 3 N–H and O–H groups in total. The van der Waals surface area contributed by atoms with Crippen molar-refractivity contribution in [3.63, 3.8) is 0 Å². The number of carbonyl (C=O) groups is 2. The van der Waals surface area contributed by atoms with Gasteiger partial charge in [-0.2, -0.15) is 0 Å². The summed E-state index contributed by atoms with van der Waals surface area (Å²) in [6.45, 7) is 2.52. The van der Waals surface area contributed by atoms with E-state index in [0.717, 1.165) is 22.0 Å².